The smallest absolute Gasteiger partial charge is 0.409 e. The second-order valence-corrected chi connectivity index (χ2v) is 7.48. The summed E-state index contributed by atoms with van der Waals surface area (Å²) in [4.78, 5) is 50.0. The third-order valence-corrected chi connectivity index (χ3v) is 5.44. The Morgan fingerprint density at radius 3 is 2.53 bits per heavy atom. The fourth-order valence-electron chi connectivity index (χ4n) is 3.75. The van der Waals surface area contributed by atoms with E-state index in [2.05, 4.69) is 14.8 Å². The molecule has 10 nitrogen and oxygen atoms in total. The molecule has 0 bridgehead atoms. The van der Waals surface area contributed by atoms with Crippen molar-refractivity contribution in [3.63, 3.8) is 0 Å². The van der Waals surface area contributed by atoms with Gasteiger partial charge < -0.3 is 29.2 Å². The summed E-state index contributed by atoms with van der Waals surface area (Å²) in [5.41, 5.74) is -0.0133. The highest BCUT2D eigenvalue weighted by Gasteiger charge is 2.44. The fourth-order valence-corrected chi connectivity index (χ4v) is 3.75. The molecule has 0 saturated carbocycles. The summed E-state index contributed by atoms with van der Waals surface area (Å²) in [5.74, 6) is -1.15. The van der Waals surface area contributed by atoms with Gasteiger partial charge >= 0.3 is 18.0 Å². The maximum atomic E-state index is 12.9. The van der Waals surface area contributed by atoms with Crippen molar-refractivity contribution >= 4 is 29.5 Å². The van der Waals surface area contributed by atoms with E-state index in [9.17, 15) is 19.2 Å². The maximum Gasteiger partial charge on any atom is 0.409 e. The van der Waals surface area contributed by atoms with Gasteiger partial charge in [0.15, 0.2) is 5.78 Å². The molecule has 3 rings (SSSR count). The number of hydrogen-bond acceptors (Lipinski definition) is 9. The lowest BCUT2D eigenvalue weighted by atomic mass is 9.82. The molecule has 0 unspecified atom stereocenters. The number of nitrogens with zero attached hydrogens (tertiary/aromatic N) is 1. The first kappa shape index (κ1) is 23.1. The van der Waals surface area contributed by atoms with Crippen LogP contribution >= 0.6 is 0 Å². The molecule has 1 N–H and O–H groups in total. The molecule has 2 heterocycles. The average Bonchev–Trinajstić information content (AvgIpc) is 2.79. The van der Waals surface area contributed by atoms with Crippen molar-refractivity contribution in [2.45, 2.75) is 31.8 Å². The van der Waals surface area contributed by atoms with Gasteiger partial charge in [0.1, 0.15) is 17.0 Å². The van der Waals surface area contributed by atoms with Crippen LogP contribution in [0.1, 0.15) is 36.5 Å². The fraction of sp³-hybridized carbons (Fsp3) is 0.455. The van der Waals surface area contributed by atoms with Gasteiger partial charge in [0.05, 0.1) is 38.9 Å². The van der Waals surface area contributed by atoms with Crippen molar-refractivity contribution in [1.29, 1.82) is 0 Å². The lowest BCUT2D eigenvalue weighted by Crippen LogP contribution is -2.52. The third kappa shape index (κ3) is 5.01. The lowest BCUT2D eigenvalue weighted by molar-refractivity contribution is -0.138. The van der Waals surface area contributed by atoms with E-state index < -0.39 is 17.5 Å². The molecular weight excluding hydrogens is 420 g/mol. The number of carbonyl (C=O) groups is 4. The summed E-state index contributed by atoms with van der Waals surface area (Å²) in [6.07, 6.45) is 1.83. The molecule has 32 heavy (non-hydrogen) atoms. The van der Waals surface area contributed by atoms with Gasteiger partial charge in [-0.1, -0.05) is 0 Å². The van der Waals surface area contributed by atoms with E-state index in [-0.39, 0.29) is 24.0 Å². The highest BCUT2D eigenvalue weighted by molar-refractivity contribution is 6.02. The van der Waals surface area contributed by atoms with Gasteiger partial charge in [-0.2, -0.15) is 0 Å². The minimum Gasteiger partial charge on any atom is -0.486 e. The van der Waals surface area contributed by atoms with Crippen LogP contribution in [0.4, 0.5) is 10.5 Å². The summed E-state index contributed by atoms with van der Waals surface area (Å²) in [6, 6.07) is 4.83. The Bertz CT molecular complexity index is 947. The Kier molecular flexibility index (Phi) is 7.01. The molecule has 2 aliphatic rings. The van der Waals surface area contributed by atoms with Crippen LogP contribution in [0.3, 0.4) is 0 Å². The molecule has 10 heteroatoms. The van der Waals surface area contributed by atoms with Gasteiger partial charge in [0.2, 0.25) is 0 Å². The summed E-state index contributed by atoms with van der Waals surface area (Å²) in [5, 5.41) is 2.79. The lowest BCUT2D eigenvalue weighted by Gasteiger charge is -2.43. The molecule has 172 valence electrons. The Hall–Kier alpha value is -3.56. The molecule has 1 aromatic carbocycles. The third-order valence-electron chi connectivity index (χ3n) is 5.44. The van der Waals surface area contributed by atoms with E-state index >= 15 is 0 Å². The van der Waals surface area contributed by atoms with Crippen LogP contribution in [-0.2, 0) is 23.8 Å². The molecule has 0 atom stereocenters. The Morgan fingerprint density at radius 1 is 1.19 bits per heavy atom. The van der Waals surface area contributed by atoms with Crippen LogP contribution in [0.2, 0.25) is 0 Å². The van der Waals surface area contributed by atoms with E-state index in [4.69, 9.17) is 9.47 Å². The minimum atomic E-state index is -0.761. The number of benzene rings is 1. The first-order valence-corrected chi connectivity index (χ1v) is 10.2. The molecule has 1 spiro atoms. The number of amides is 1. The zero-order valence-electron chi connectivity index (χ0n) is 18.3. The predicted octanol–water partition coefficient (Wildman–Crippen LogP) is 2.28. The number of methoxy groups -OCH3 is 2. The van der Waals surface area contributed by atoms with Crippen LogP contribution in [0.25, 0.3) is 0 Å². The van der Waals surface area contributed by atoms with Crippen molar-refractivity contribution in [3.05, 3.63) is 35.5 Å². The maximum absolute atomic E-state index is 12.9. The van der Waals surface area contributed by atoms with Crippen molar-refractivity contribution < 1.29 is 38.1 Å². The van der Waals surface area contributed by atoms with Crippen molar-refractivity contribution in [1.82, 2.24) is 4.90 Å². The number of hydrogen-bond donors (Lipinski definition) is 1. The molecule has 1 fully saturated rings. The van der Waals surface area contributed by atoms with Gasteiger partial charge in [-0.25, -0.2) is 14.4 Å². The Balaban J connectivity index is 1.75. The number of carbonyl (C=O) groups excluding carboxylic acids is 4. The summed E-state index contributed by atoms with van der Waals surface area (Å²) < 4.78 is 20.5. The first-order valence-electron chi connectivity index (χ1n) is 10.2. The number of Topliss-reactive ketones (excluding diaryl/α,β-unsaturated/α-hetero) is 1. The number of fused-ring (bicyclic) bond motifs is 1. The average molecular weight is 446 g/mol. The zero-order chi connectivity index (χ0) is 23.3. The zero-order valence-corrected chi connectivity index (χ0v) is 18.3. The summed E-state index contributed by atoms with van der Waals surface area (Å²) >= 11 is 0. The van der Waals surface area contributed by atoms with Gasteiger partial charge in [-0.05, 0) is 25.1 Å². The van der Waals surface area contributed by atoms with Crippen molar-refractivity contribution in [2.24, 2.45) is 0 Å². The molecule has 0 aliphatic carbocycles. The SMILES string of the molecule is CCOC(=O)N1CCC2(CC1)CC(=O)c1cc(N/C(=C/C(=O)OC)C(=O)OC)ccc1O2. The van der Waals surface area contributed by atoms with E-state index in [0.717, 1.165) is 6.08 Å². The number of esters is 2. The Labute approximate surface area is 185 Å². The standard InChI is InChI=1S/C22H26N2O8/c1-4-31-21(28)24-9-7-22(8-10-24)13-17(25)15-11-14(5-6-18(15)32-22)23-16(20(27)30-3)12-19(26)29-2/h5-6,11-12,23H,4,7-10,13H2,1-3H3/b16-12+. The Morgan fingerprint density at radius 2 is 1.91 bits per heavy atom. The summed E-state index contributed by atoms with van der Waals surface area (Å²) in [6.45, 7) is 2.96. The number of piperidine rings is 1. The normalized spacial score (nSPS) is 17.2. The van der Waals surface area contributed by atoms with Crippen LogP contribution < -0.4 is 10.1 Å². The van der Waals surface area contributed by atoms with Crippen molar-refractivity contribution in [3.8, 4) is 5.75 Å². The highest BCUT2D eigenvalue weighted by atomic mass is 16.6. The summed E-state index contributed by atoms with van der Waals surface area (Å²) in [7, 11) is 2.38. The molecule has 1 saturated heterocycles. The van der Waals surface area contributed by atoms with Crippen LogP contribution in [0, 0.1) is 0 Å². The number of nitrogens with one attached hydrogen (secondary N) is 1. The van der Waals surface area contributed by atoms with Crippen LogP contribution in [-0.4, -0.2) is 68.2 Å². The molecular formula is C22H26N2O8. The van der Waals surface area contributed by atoms with Gasteiger partial charge in [-0.15, -0.1) is 0 Å². The number of likely N-dealkylation sites (tertiary alicyclic amines) is 1. The topological polar surface area (TPSA) is 120 Å². The van der Waals surface area contributed by atoms with E-state index in [1.165, 1.54) is 14.2 Å². The number of ketones is 1. The predicted molar refractivity (Wildman–Crippen MR) is 112 cm³/mol. The van der Waals surface area contributed by atoms with Crippen LogP contribution in [0.5, 0.6) is 5.75 Å². The van der Waals surface area contributed by atoms with Gasteiger partial charge in [0.25, 0.3) is 0 Å². The quantitative estimate of drug-likeness (QED) is 0.412. The molecule has 0 radical (unpaired) electrons. The van der Waals surface area contributed by atoms with E-state index in [1.807, 2.05) is 0 Å². The number of ether oxygens (including phenoxy) is 4. The number of rotatable bonds is 5. The van der Waals surface area contributed by atoms with E-state index in [0.29, 0.717) is 49.5 Å². The van der Waals surface area contributed by atoms with Gasteiger partial charge in [0, 0.05) is 31.6 Å². The first-order chi connectivity index (χ1) is 15.3. The highest BCUT2D eigenvalue weighted by Crippen LogP contribution is 2.40. The van der Waals surface area contributed by atoms with E-state index in [1.54, 1.807) is 30.0 Å². The molecule has 1 amide bonds. The monoisotopic (exact) mass is 446 g/mol. The second-order valence-electron chi connectivity index (χ2n) is 7.48. The van der Waals surface area contributed by atoms with Crippen molar-refractivity contribution in [2.75, 3.05) is 39.2 Å². The van der Waals surface area contributed by atoms with Gasteiger partial charge in [-0.3, -0.25) is 4.79 Å². The number of anilines is 1. The second kappa shape index (κ2) is 9.71. The minimum absolute atomic E-state index is 0.101. The molecule has 0 aromatic heterocycles. The molecule has 2 aliphatic heterocycles. The van der Waals surface area contributed by atoms with Crippen LogP contribution in [0.15, 0.2) is 30.0 Å². The molecule has 1 aromatic rings. The largest absolute Gasteiger partial charge is 0.486 e.